The number of nitrogens with one attached hydrogen (secondary N) is 1. The first-order valence-corrected chi connectivity index (χ1v) is 14.5. The van der Waals surface area contributed by atoms with E-state index in [-0.39, 0.29) is 42.8 Å². The molecule has 2 aliphatic heterocycles. The van der Waals surface area contributed by atoms with Crippen LogP contribution in [0.4, 0.5) is 4.39 Å². The van der Waals surface area contributed by atoms with Crippen molar-refractivity contribution < 1.29 is 33.4 Å². The molecule has 2 aromatic heterocycles. The second kappa shape index (κ2) is 12.8. The standard InChI is InChI=1S/C22H17FN2O4.C7H15N3O3.C2H6/c1-9-10-3-2-4-11-13-7-25-17(19(13)24-16(18(10)11)6-15(9)23)5-12-14(21(25)27)8-29-22(28)20(12)26;1-7(2,9)6(12)10-4-13-3-5(8)11;1-2/h5-6,20,26H,2-4,7-8H2,1H3;3-4,9H2,1-2H3,(H2,8,11)(H,10,12);1-2H3. The summed E-state index contributed by atoms with van der Waals surface area (Å²) in [5.74, 6) is -1.96. The molecule has 0 spiro atoms. The van der Waals surface area contributed by atoms with Crippen LogP contribution in [0.15, 0.2) is 16.9 Å². The zero-order valence-electron chi connectivity index (χ0n) is 25.5. The summed E-state index contributed by atoms with van der Waals surface area (Å²) in [7, 11) is 0. The minimum Gasteiger partial charge on any atom is -0.458 e. The Morgan fingerprint density at radius 3 is 2.52 bits per heavy atom. The third-order valence-electron chi connectivity index (χ3n) is 7.70. The molecular weight excluding hydrogens is 573 g/mol. The molecule has 0 fully saturated rings. The molecule has 0 bridgehead atoms. The van der Waals surface area contributed by atoms with Crippen molar-refractivity contribution in [3.05, 3.63) is 61.7 Å². The van der Waals surface area contributed by atoms with Crippen molar-refractivity contribution in [1.82, 2.24) is 14.9 Å². The van der Waals surface area contributed by atoms with Crippen molar-refractivity contribution in [2.24, 2.45) is 11.5 Å². The Morgan fingerprint density at radius 2 is 1.86 bits per heavy atom. The van der Waals surface area contributed by atoms with Gasteiger partial charge in [0.05, 0.1) is 34.6 Å². The number of aryl methyl sites for hydroxylation is 2. The normalized spacial score (nSPS) is 15.9. The molecule has 44 heavy (non-hydrogen) atoms. The summed E-state index contributed by atoms with van der Waals surface area (Å²) < 4.78 is 25.8. The average molecular weight is 612 g/mol. The lowest BCUT2D eigenvalue weighted by Gasteiger charge is -2.22. The molecule has 1 atom stereocenters. The number of aromatic nitrogens is 2. The van der Waals surface area contributed by atoms with Gasteiger partial charge < -0.3 is 35.9 Å². The Labute approximate surface area is 253 Å². The summed E-state index contributed by atoms with van der Waals surface area (Å²) in [6.07, 6.45) is 1.12. The highest BCUT2D eigenvalue weighted by Gasteiger charge is 2.35. The number of esters is 1. The fraction of sp³-hybridized carbons (Fsp3) is 0.452. The lowest BCUT2D eigenvalue weighted by atomic mass is 9.85. The molecule has 0 saturated carbocycles. The quantitative estimate of drug-likeness (QED) is 0.148. The van der Waals surface area contributed by atoms with Gasteiger partial charge in [0.15, 0.2) is 6.10 Å². The van der Waals surface area contributed by atoms with Gasteiger partial charge in [0.1, 0.15) is 25.8 Å². The van der Waals surface area contributed by atoms with Gasteiger partial charge in [0.2, 0.25) is 11.8 Å². The molecule has 236 valence electrons. The van der Waals surface area contributed by atoms with Crippen LogP contribution in [0.5, 0.6) is 0 Å². The number of cyclic esters (lactones) is 1. The lowest BCUT2D eigenvalue weighted by molar-refractivity contribution is -0.157. The average Bonchev–Trinajstić information content (AvgIpc) is 3.36. The smallest absolute Gasteiger partial charge is 0.340 e. The Bertz CT molecular complexity index is 1710. The minimum atomic E-state index is -1.48. The van der Waals surface area contributed by atoms with Crippen LogP contribution >= 0.6 is 0 Å². The molecule has 6 N–H and O–H groups in total. The fourth-order valence-corrected chi connectivity index (χ4v) is 5.56. The number of carbonyl (C=O) groups is 3. The molecule has 0 radical (unpaired) electrons. The van der Waals surface area contributed by atoms with E-state index in [1.807, 2.05) is 13.8 Å². The Hall–Kier alpha value is -4.20. The molecule has 6 rings (SSSR count). The van der Waals surface area contributed by atoms with Crippen LogP contribution in [-0.2, 0) is 49.9 Å². The van der Waals surface area contributed by atoms with E-state index in [0.717, 1.165) is 41.3 Å². The molecule has 1 aromatic carbocycles. The number of amides is 2. The van der Waals surface area contributed by atoms with E-state index < -0.39 is 23.5 Å². The summed E-state index contributed by atoms with van der Waals surface area (Å²) in [5.41, 5.74) is 15.2. The molecule has 4 heterocycles. The zero-order valence-corrected chi connectivity index (χ0v) is 25.5. The second-order valence-corrected chi connectivity index (χ2v) is 11.2. The number of pyridine rings is 2. The predicted molar refractivity (Wildman–Crippen MR) is 160 cm³/mol. The number of nitrogens with zero attached hydrogens (tertiary/aromatic N) is 2. The maximum Gasteiger partial charge on any atom is 0.340 e. The number of carbonyl (C=O) groups excluding carboxylic acids is 3. The largest absolute Gasteiger partial charge is 0.458 e. The van der Waals surface area contributed by atoms with Gasteiger partial charge >= 0.3 is 5.97 Å². The number of nitrogens with two attached hydrogens (primary N) is 2. The highest BCUT2D eigenvalue weighted by Crippen LogP contribution is 2.41. The van der Waals surface area contributed by atoms with E-state index in [1.54, 1.807) is 31.4 Å². The zero-order chi connectivity index (χ0) is 32.5. The lowest BCUT2D eigenvalue weighted by Crippen LogP contribution is -2.49. The SMILES string of the molecule is CC.CC(C)(N)C(=O)NCOCC(N)=O.Cc1c(F)cc2nc3c(c4c2c1CCC4)Cn1c-3cc2c(c1=O)COC(=O)C2O. The number of rotatable bonds is 5. The van der Waals surface area contributed by atoms with Crippen LogP contribution < -0.4 is 22.3 Å². The number of halogens is 1. The van der Waals surface area contributed by atoms with Crippen molar-refractivity contribution in [3.63, 3.8) is 0 Å². The van der Waals surface area contributed by atoms with E-state index in [0.29, 0.717) is 34.6 Å². The molecule has 0 saturated heterocycles. The summed E-state index contributed by atoms with van der Waals surface area (Å²) >= 11 is 0. The molecule has 1 unspecified atom stereocenters. The van der Waals surface area contributed by atoms with Gasteiger partial charge in [-0.2, -0.15) is 0 Å². The van der Waals surface area contributed by atoms with Crippen LogP contribution in [0.3, 0.4) is 0 Å². The van der Waals surface area contributed by atoms with Crippen LogP contribution in [0.25, 0.3) is 22.3 Å². The van der Waals surface area contributed by atoms with Crippen LogP contribution in [0.1, 0.15) is 73.6 Å². The van der Waals surface area contributed by atoms with Crippen molar-refractivity contribution in [2.45, 2.75) is 78.7 Å². The van der Waals surface area contributed by atoms with Crippen molar-refractivity contribution >= 4 is 28.7 Å². The fourth-order valence-electron chi connectivity index (χ4n) is 5.56. The van der Waals surface area contributed by atoms with Crippen molar-refractivity contribution in [2.75, 3.05) is 13.3 Å². The van der Waals surface area contributed by atoms with Gasteiger partial charge in [-0.05, 0) is 62.8 Å². The third kappa shape index (κ3) is 6.07. The Kier molecular flexibility index (Phi) is 9.52. The summed E-state index contributed by atoms with van der Waals surface area (Å²) in [6.45, 7) is 8.89. The van der Waals surface area contributed by atoms with Gasteiger partial charge in [-0.1, -0.05) is 13.8 Å². The van der Waals surface area contributed by atoms with E-state index in [2.05, 4.69) is 5.32 Å². The van der Waals surface area contributed by atoms with Crippen LogP contribution in [-0.4, -0.2) is 51.3 Å². The number of hydrogen-bond acceptors (Lipinski definition) is 9. The Morgan fingerprint density at radius 1 is 1.18 bits per heavy atom. The Balaban J connectivity index is 0.000000252. The number of hydrogen-bond donors (Lipinski definition) is 4. The van der Waals surface area contributed by atoms with E-state index >= 15 is 0 Å². The molecule has 3 aliphatic rings. The number of primary amides is 1. The van der Waals surface area contributed by atoms with E-state index in [4.69, 9.17) is 25.9 Å². The minimum absolute atomic E-state index is 0.0671. The topological polar surface area (TPSA) is 189 Å². The summed E-state index contributed by atoms with van der Waals surface area (Å²) in [6, 6.07) is 3.13. The monoisotopic (exact) mass is 611 g/mol. The summed E-state index contributed by atoms with van der Waals surface area (Å²) in [5, 5.41) is 13.6. The molecule has 12 nitrogen and oxygen atoms in total. The molecule has 13 heteroatoms. The first kappa shape index (κ1) is 32.7. The van der Waals surface area contributed by atoms with E-state index in [1.165, 1.54) is 6.07 Å². The van der Waals surface area contributed by atoms with Gasteiger partial charge in [-0.3, -0.25) is 14.4 Å². The second-order valence-electron chi connectivity index (χ2n) is 11.2. The molecule has 3 aromatic rings. The van der Waals surface area contributed by atoms with Crippen LogP contribution in [0, 0.1) is 12.7 Å². The number of aliphatic hydroxyl groups excluding tert-OH is 1. The number of aliphatic hydroxyl groups is 1. The van der Waals surface area contributed by atoms with Crippen molar-refractivity contribution in [1.29, 1.82) is 0 Å². The summed E-state index contributed by atoms with van der Waals surface area (Å²) in [4.78, 5) is 50.9. The number of benzene rings is 1. The first-order valence-electron chi connectivity index (χ1n) is 14.5. The van der Waals surface area contributed by atoms with Crippen LogP contribution in [0.2, 0.25) is 0 Å². The molecular formula is C31H38FN5O7. The maximum atomic E-state index is 14.5. The molecule has 1 aliphatic carbocycles. The maximum absolute atomic E-state index is 14.5. The van der Waals surface area contributed by atoms with Crippen molar-refractivity contribution in [3.8, 4) is 11.4 Å². The van der Waals surface area contributed by atoms with Gasteiger partial charge in [0, 0.05) is 22.6 Å². The highest BCUT2D eigenvalue weighted by molar-refractivity contribution is 5.92. The van der Waals surface area contributed by atoms with Gasteiger partial charge in [-0.25, -0.2) is 14.2 Å². The number of ether oxygens (including phenoxy) is 2. The highest BCUT2D eigenvalue weighted by atomic mass is 19.1. The third-order valence-corrected chi connectivity index (χ3v) is 7.70. The first-order chi connectivity index (χ1) is 20.8. The predicted octanol–water partition coefficient (Wildman–Crippen LogP) is 1.78. The number of fused-ring (bicyclic) bond motifs is 5. The van der Waals surface area contributed by atoms with Gasteiger partial charge in [0.25, 0.3) is 5.56 Å². The van der Waals surface area contributed by atoms with Gasteiger partial charge in [-0.15, -0.1) is 0 Å². The molecule has 2 amide bonds. The van der Waals surface area contributed by atoms with E-state index in [9.17, 15) is 28.7 Å².